The summed E-state index contributed by atoms with van der Waals surface area (Å²) in [6, 6.07) is 17.4. The maximum Gasteiger partial charge on any atom is 0.322 e. The largest absolute Gasteiger partial charge is 0.497 e. The Kier molecular flexibility index (Phi) is 6.02. The number of anilines is 1. The zero-order chi connectivity index (χ0) is 24.8. The molecule has 1 aliphatic heterocycles. The first-order chi connectivity index (χ1) is 17.5. The molecule has 1 atom stereocenters. The van der Waals surface area contributed by atoms with Crippen molar-refractivity contribution in [2.75, 3.05) is 12.4 Å². The van der Waals surface area contributed by atoms with Crippen molar-refractivity contribution < 1.29 is 9.53 Å². The Morgan fingerprint density at radius 1 is 1.08 bits per heavy atom. The highest BCUT2D eigenvalue weighted by Gasteiger charge is 2.36. The molecule has 5 nitrogen and oxygen atoms in total. The third-order valence-corrected chi connectivity index (χ3v) is 9.10. The molecule has 0 bridgehead atoms. The second-order valence-electron chi connectivity index (χ2n) is 9.45. The molecule has 0 saturated carbocycles. The minimum Gasteiger partial charge on any atom is -0.497 e. The summed E-state index contributed by atoms with van der Waals surface area (Å²) in [5.41, 5.74) is 6.37. The number of methoxy groups -OCH3 is 1. The molecule has 184 valence electrons. The second-order valence-corrected chi connectivity index (χ2v) is 10.9. The third kappa shape index (κ3) is 3.89. The number of ether oxygens (including phenoxy) is 1. The molecule has 7 heteroatoms. The summed E-state index contributed by atoms with van der Waals surface area (Å²) in [6.45, 7) is 2.47. The highest BCUT2D eigenvalue weighted by molar-refractivity contribution is 7.15. The molecule has 2 aromatic carbocycles. The zero-order valence-electron chi connectivity index (χ0n) is 20.4. The molecule has 2 amide bonds. The molecule has 1 N–H and O–H groups in total. The van der Waals surface area contributed by atoms with Gasteiger partial charge in [0, 0.05) is 27.3 Å². The lowest BCUT2D eigenvalue weighted by molar-refractivity contribution is 0.194. The van der Waals surface area contributed by atoms with Gasteiger partial charge in [0.05, 0.1) is 25.4 Å². The van der Waals surface area contributed by atoms with Gasteiger partial charge in [0.2, 0.25) is 0 Å². The number of halogens is 1. The summed E-state index contributed by atoms with van der Waals surface area (Å²) in [6.07, 6.45) is 6.75. The van der Waals surface area contributed by atoms with Crippen LogP contribution in [-0.4, -0.2) is 22.6 Å². The fourth-order valence-corrected chi connectivity index (χ4v) is 7.06. The van der Waals surface area contributed by atoms with E-state index in [1.54, 1.807) is 7.11 Å². The molecule has 0 radical (unpaired) electrons. The number of carbonyl (C=O) groups excluding carboxylic acids is 1. The predicted octanol–water partition coefficient (Wildman–Crippen LogP) is 7.53. The maximum absolute atomic E-state index is 14.1. The summed E-state index contributed by atoms with van der Waals surface area (Å²) in [7, 11) is 1.67. The Hall–Kier alpha value is -3.22. The molecule has 0 spiro atoms. The number of aryl methyl sites for hydroxylation is 1. The summed E-state index contributed by atoms with van der Waals surface area (Å²) in [5.74, 6) is 0.771. The van der Waals surface area contributed by atoms with Gasteiger partial charge in [-0.1, -0.05) is 29.8 Å². The van der Waals surface area contributed by atoms with Crippen LogP contribution in [0.2, 0.25) is 5.02 Å². The SMILES string of the molecule is COc1cccc(C2c3cccn3-c3sc4c(c3CN2C(=O)Nc2cccc(Cl)c2C)CCCC4)c1. The van der Waals surface area contributed by atoms with Crippen LogP contribution in [0.3, 0.4) is 0 Å². The van der Waals surface area contributed by atoms with Gasteiger partial charge >= 0.3 is 6.03 Å². The number of amides is 2. The first kappa shape index (κ1) is 23.2. The van der Waals surface area contributed by atoms with E-state index in [9.17, 15) is 4.79 Å². The molecular formula is C29H28ClN3O2S. The summed E-state index contributed by atoms with van der Waals surface area (Å²) < 4.78 is 7.84. The molecule has 4 aromatic rings. The first-order valence-corrected chi connectivity index (χ1v) is 13.5. The van der Waals surface area contributed by atoms with Gasteiger partial charge in [-0.2, -0.15) is 0 Å². The van der Waals surface area contributed by atoms with Gasteiger partial charge in [0.15, 0.2) is 0 Å². The van der Waals surface area contributed by atoms with E-state index >= 15 is 0 Å². The average molecular weight is 518 g/mol. The Balaban J connectivity index is 1.51. The van der Waals surface area contributed by atoms with Crippen LogP contribution in [0.1, 0.15) is 51.7 Å². The molecule has 0 fully saturated rings. The van der Waals surface area contributed by atoms with Crippen molar-refractivity contribution in [1.82, 2.24) is 9.47 Å². The maximum atomic E-state index is 14.1. The highest BCUT2D eigenvalue weighted by Crippen LogP contribution is 2.44. The normalized spacial score (nSPS) is 16.5. The molecular weight excluding hydrogens is 490 g/mol. The fraction of sp³-hybridized carbons (Fsp3) is 0.276. The van der Waals surface area contributed by atoms with Crippen LogP contribution in [0.25, 0.3) is 5.00 Å². The molecule has 2 aromatic heterocycles. The molecule has 2 aliphatic rings. The number of rotatable bonds is 3. The van der Waals surface area contributed by atoms with Crippen LogP contribution in [0.15, 0.2) is 60.8 Å². The van der Waals surface area contributed by atoms with E-state index in [0.29, 0.717) is 11.6 Å². The van der Waals surface area contributed by atoms with Crippen molar-refractivity contribution in [3.8, 4) is 10.8 Å². The van der Waals surface area contributed by atoms with E-state index in [4.69, 9.17) is 16.3 Å². The van der Waals surface area contributed by atoms with Crippen LogP contribution in [0.4, 0.5) is 10.5 Å². The lowest BCUT2D eigenvalue weighted by Crippen LogP contribution is -2.38. The Labute approximate surface area is 220 Å². The van der Waals surface area contributed by atoms with Crippen molar-refractivity contribution in [1.29, 1.82) is 0 Å². The van der Waals surface area contributed by atoms with Gasteiger partial charge in [-0.05, 0) is 85.7 Å². The lowest BCUT2D eigenvalue weighted by atomic mass is 9.95. The topological polar surface area (TPSA) is 46.5 Å². The van der Waals surface area contributed by atoms with Crippen LogP contribution >= 0.6 is 22.9 Å². The van der Waals surface area contributed by atoms with Gasteiger partial charge < -0.3 is 19.5 Å². The van der Waals surface area contributed by atoms with Gasteiger partial charge in [0.25, 0.3) is 0 Å². The van der Waals surface area contributed by atoms with Crippen LogP contribution < -0.4 is 10.1 Å². The molecule has 1 unspecified atom stereocenters. The van der Waals surface area contributed by atoms with Crippen molar-refractivity contribution in [3.05, 3.63) is 98.6 Å². The first-order valence-electron chi connectivity index (χ1n) is 12.3. The lowest BCUT2D eigenvalue weighted by Gasteiger charge is -2.32. The predicted molar refractivity (Wildman–Crippen MR) is 146 cm³/mol. The van der Waals surface area contributed by atoms with Crippen LogP contribution in [0, 0.1) is 6.92 Å². The molecule has 0 saturated heterocycles. The summed E-state index contributed by atoms with van der Waals surface area (Å²) >= 11 is 8.26. The number of aromatic nitrogens is 1. The third-order valence-electron chi connectivity index (χ3n) is 7.36. The average Bonchev–Trinajstić information content (AvgIpc) is 3.48. The monoisotopic (exact) mass is 517 g/mol. The highest BCUT2D eigenvalue weighted by atomic mass is 35.5. The molecule has 3 heterocycles. The fourth-order valence-electron chi connectivity index (χ4n) is 5.48. The van der Waals surface area contributed by atoms with E-state index in [-0.39, 0.29) is 12.1 Å². The Bertz CT molecular complexity index is 1460. The zero-order valence-corrected chi connectivity index (χ0v) is 22.0. The Morgan fingerprint density at radius 3 is 2.78 bits per heavy atom. The van der Waals surface area contributed by atoms with Crippen LogP contribution in [0.5, 0.6) is 5.75 Å². The molecule has 36 heavy (non-hydrogen) atoms. The van der Waals surface area contributed by atoms with Gasteiger partial charge in [0.1, 0.15) is 10.8 Å². The van der Waals surface area contributed by atoms with Crippen molar-refractivity contribution in [2.24, 2.45) is 0 Å². The number of benzene rings is 2. The van der Waals surface area contributed by atoms with Crippen molar-refractivity contribution in [2.45, 2.75) is 45.2 Å². The second kappa shape index (κ2) is 9.34. The minimum atomic E-state index is -0.284. The van der Waals surface area contributed by atoms with Crippen molar-refractivity contribution in [3.63, 3.8) is 0 Å². The minimum absolute atomic E-state index is 0.149. The van der Waals surface area contributed by atoms with E-state index < -0.39 is 0 Å². The molecule has 6 rings (SSSR count). The van der Waals surface area contributed by atoms with Gasteiger partial charge in [-0.25, -0.2) is 4.79 Å². The van der Waals surface area contributed by atoms with E-state index in [1.807, 2.05) is 59.6 Å². The van der Waals surface area contributed by atoms with E-state index in [2.05, 4.69) is 34.3 Å². The quantitative estimate of drug-likeness (QED) is 0.305. The Morgan fingerprint density at radius 2 is 1.92 bits per heavy atom. The van der Waals surface area contributed by atoms with Crippen LogP contribution in [-0.2, 0) is 19.4 Å². The van der Waals surface area contributed by atoms with Crippen molar-refractivity contribution >= 4 is 34.7 Å². The van der Waals surface area contributed by atoms with Gasteiger partial charge in [-0.3, -0.25) is 0 Å². The summed E-state index contributed by atoms with van der Waals surface area (Å²) in [4.78, 5) is 17.5. The summed E-state index contributed by atoms with van der Waals surface area (Å²) in [5, 5.41) is 5.04. The number of carbonyl (C=O) groups is 1. The number of nitrogens with zero attached hydrogens (tertiary/aromatic N) is 2. The molecule has 1 aliphatic carbocycles. The number of hydrogen-bond acceptors (Lipinski definition) is 3. The number of hydrogen-bond donors (Lipinski definition) is 1. The number of fused-ring (bicyclic) bond motifs is 5. The number of thiophene rings is 1. The smallest absolute Gasteiger partial charge is 0.322 e. The van der Waals surface area contributed by atoms with E-state index in [1.165, 1.54) is 33.8 Å². The standard InChI is InChI=1S/C29H28ClN3O2S/c1-18-23(30)11-6-12-24(18)31-29(34)33-17-22-21-10-3-4-14-26(21)36-28(22)32-15-7-13-25(32)27(33)19-8-5-9-20(16-19)35-2/h5-9,11-13,15-16,27H,3-4,10,14,17H2,1-2H3,(H,31,34). The van der Waals surface area contributed by atoms with E-state index in [0.717, 1.165) is 41.1 Å². The van der Waals surface area contributed by atoms with Gasteiger partial charge in [-0.15, -0.1) is 11.3 Å². The number of nitrogens with one attached hydrogen (secondary N) is 1. The number of urea groups is 1.